The topological polar surface area (TPSA) is 62.3 Å². The molecule has 4 atom stereocenters. The van der Waals surface area contributed by atoms with Crippen molar-refractivity contribution >= 4 is 16.9 Å². The maximum absolute atomic E-state index is 11.3. The van der Waals surface area contributed by atoms with Gasteiger partial charge in [0.25, 0.3) is 0 Å². The Morgan fingerprint density at radius 3 is 2.83 bits per heavy atom. The molecule has 0 spiro atoms. The Morgan fingerprint density at radius 2 is 2.07 bits per heavy atom. The molecule has 0 saturated heterocycles. The molecule has 2 saturated carbocycles. The van der Waals surface area contributed by atoms with E-state index in [1.54, 1.807) is 6.92 Å². The van der Waals surface area contributed by atoms with Crippen molar-refractivity contribution < 1.29 is 14.6 Å². The summed E-state index contributed by atoms with van der Waals surface area (Å²) in [6.45, 7) is 2.54. The van der Waals surface area contributed by atoms with E-state index in [4.69, 9.17) is 4.74 Å². The van der Waals surface area contributed by atoms with E-state index < -0.39 is 11.9 Å². The standard InChI is InChI=1S/C26H29NO3/c1-16(26(28)29)10-17-3-7-25(30-15-22-12-18-2-4-19(22)11-18)23(13-17)20-5-6-24-21(14-20)8-9-27-24/h3,5-9,13-14,16,18-19,22,27H,2,4,10-12,15H2,1H3,(H,28,29). The third kappa shape index (κ3) is 3.71. The summed E-state index contributed by atoms with van der Waals surface area (Å²) in [7, 11) is 0. The molecule has 2 N–H and O–H groups in total. The van der Waals surface area contributed by atoms with E-state index in [2.05, 4.69) is 35.3 Å². The maximum Gasteiger partial charge on any atom is 0.306 e. The smallest absolute Gasteiger partial charge is 0.306 e. The molecule has 0 radical (unpaired) electrons. The molecule has 0 aliphatic heterocycles. The van der Waals surface area contributed by atoms with Gasteiger partial charge in [0.1, 0.15) is 5.75 Å². The van der Waals surface area contributed by atoms with Gasteiger partial charge in [-0.2, -0.15) is 0 Å². The lowest BCUT2D eigenvalue weighted by atomic mass is 9.89. The fraction of sp³-hybridized carbons (Fsp3) is 0.423. The first-order valence-electron chi connectivity index (χ1n) is 11.1. The molecule has 5 rings (SSSR count). The highest BCUT2D eigenvalue weighted by molar-refractivity contribution is 5.86. The minimum absolute atomic E-state index is 0.411. The van der Waals surface area contributed by atoms with E-state index in [9.17, 15) is 9.90 Å². The number of benzene rings is 2. The Kier molecular flexibility index (Phi) is 5.01. The van der Waals surface area contributed by atoms with E-state index in [1.807, 2.05) is 18.3 Å². The average Bonchev–Trinajstić information content (AvgIpc) is 3.48. The van der Waals surface area contributed by atoms with E-state index in [0.29, 0.717) is 12.3 Å². The lowest BCUT2D eigenvalue weighted by Gasteiger charge is -2.23. The normalized spacial score (nSPS) is 23.7. The maximum atomic E-state index is 11.3. The van der Waals surface area contributed by atoms with Crippen LogP contribution in [-0.2, 0) is 11.2 Å². The molecule has 4 unspecified atom stereocenters. The number of fused-ring (bicyclic) bond motifs is 3. The van der Waals surface area contributed by atoms with Gasteiger partial charge >= 0.3 is 5.97 Å². The summed E-state index contributed by atoms with van der Waals surface area (Å²) in [4.78, 5) is 14.6. The molecule has 3 aromatic rings. The summed E-state index contributed by atoms with van der Waals surface area (Å²) >= 11 is 0. The first-order chi connectivity index (χ1) is 14.6. The third-order valence-electron chi connectivity index (χ3n) is 7.21. The first-order valence-corrected chi connectivity index (χ1v) is 11.1. The Bertz CT molecular complexity index is 1070. The van der Waals surface area contributed by atoms with Crippen LogP contribution in [0.2, 0.25) is 0 Å². The van der Waals surface area contributed by atoms with Crippen molar-refractivity contribution in [3.63, 3.8) is 0 Å². The van der Waals surface area contributed by atoms with Crippen LogP contribution in [0.15, 0.2) is 48.7 Å². The van der Waals surface area contributed by atoms with Crippen molar-refractivity contribution in [2.45, 2.75) is 39.0 Å². The summed E-state index contributed by atoms with van der Waals surface area (Å²) in [5.41, 5.74) is 4.30. The highest BCUT2D eigenvalue weighted by atomic mass is 16.5. The molecule has 156 valence electrons. The number of aromatic nitrogens is 1. The number of H-pyrrole nitrogens is 1. The molecule has 0 amide bonds. The summed E-state index contributed by atoms with van der Waals surface area (Å²) in [5, 5.41) is 10.5. The van der Waals surface area contributed by atoms with Crippen LogP contribution in [-0.4, -0.2) is 22.7 Å². The van der Waals surface area contributed by atoms with Gasteiger partial charge in [-0.05, 0) is 90.3 Å². The fourth-order valence-corrected chi connectivity index (χ4v) is 5.49. The molecule has 2 aliphatic carbocycles. The van der Waals surface area contributed by atoms with Gasteiger partial charge in [0.15, 0.2) is 0 Å². The number of rotatable bonds is 7. The number of ether oxygens (including phenoxy) is 1. The van der Waals surface area contributed by atoms with Crippen LogP contribution < -0.4 is 4.74 Å². The number of hydrogen-bond acceptors (Lipinski definition) is 2. The predicted octanol–water partition coefficient (Wildman–Crippen LogP) is 5.91. The Morgan fingerprint density at radius 1 is 1.17 bits per heavy atom. The Labute approximate surface area is 177 Å². The zero-order valence-corrected chi connectivity index (χ0v) is 17.4. The van der Waals surface area contributed by atoms with Crippen molar-refractivity contribution in [1.82, 2.24) is 4.98 Å². The van der Waals surface area contributed by atoms with Crippen molar-refractivity contribution in [1.29, 1.82) is 0 Å². The minimum atomic E-state index is -0.762. The summed E-state index contributed by atoms with van der Waals surface area (Å²) in [6.07, 6.45) is 7.93. The first kappa shape index (κ1) is 19.2. The van der Waals surface area contributed by atoms with Crippen molar-refractivity contribution in [2.24, 2.45) is 23.7 Å². The number of aliphatic carboxylic acids is 1. The number of carboxylic acid groups (broad SMARTS) is 1. The van der Waals surface area contributed by atoms with Gasteiger partial charge in [-0.1, -0.05) is 25.5 Å². The van der Waals surface area contributed by atoms with Crippen LogP contribution in [0.1, 0.15) is 38.2 Å². The van der Waals surface area contributed by atoms with Gasteiger partial charge in [-0.15, -0.1) is 0 Å². The predicted molar refractivity (Wildman–Crippen MR) is 119 cm³/mol. The second kappa shape index (κ2) is 7.82. The molecule has 1 heterocycles. The molecule has 2 aromatic carbocycles. The lowest BCUT2D eigenvalue weighted by Crippen LogP contribution is -2.18. The average molecular weight is 404 g/mol. The summed E-state index contributed by atoms with van der Waals surface area (Å²) in [6, 6.07) is 14.6. The van der Waals surface area contributed by atoms with E-state index >= 15 is 0 Å². The van der Waals surface area contributed by atoms with Gasteiger partial charge in [0, 0.05) is 17.3 Å². The molecule has 2 bridgehead atoms. The zero-order chi connectivity index (χ0) is 20.7. The van der Waals surface area contributed by atoms with Crippen LogP contribution in [0.5, 0.6) is 5.75 Å². The number of carbonyl (C=O) groups is 1. The second-order valence-electron chi connectivity index (χ2n) is 9.30. The molecule has 4 nitrogen and oxygen atoms in total. The Hall–Kier alpha value is -2.75. The fourth-order valence-electron chi connectivity index (χ4n) is 5.49. The zero-order valence-electron chi connectivity index (χ0n) is 17.4. The molecular formula is C26H29NO3. The van der Waals surface area contributed by atoms with Gasteiger partial charge in [0.05, 0.1) is 12.5 Å². The third-order valence-corrected chi connectivity index (χ3v) is 7.21. The number of carboxylic acids is 1. The van der Waals surface area contributed by atoms with E-state index in [-0.39, 0.29) is 0 Å². The van der Waals surface area contributed by atoms with Gasteiger partial charge in [-0.25, -0.2) is 0 Å². The van der Waals surface area contributed by atoms with Crippen LogP contribution >= 0.6 is 0 Å². The van der Waals surface area contributed by atoms with E-state index in [0.717, 1.165) is 51.8 Å². The highest BCUT2D eigenvalue weighted by Gasteiger charge is 2.39. The van der Waals surface area contributed by atoms with Crippen LogP contribution in [0, 0.1) is 23.7 Å². The summed E-state index contributed by atoms with van der Waals surface area (Å²) < 4.78 is 6.40. The van der Waals surface area contributed by atoms with Gasteiger partial charge < -0.3 is 14.8 Å². The highest BCUT2D eigenvalue weighted by Crippen LogP contribution is 2.48. The van der Waals surface area contributed by atoms with E-state index in [1.165, 1.54) is 25.7 Å². The monoisotopic (exact) mass is 403 g/mol. The molecular weight excluding hydrogens is 374 g/mol. The van der Waals surface area contributed by atoms with Gasteiger partial charge in [0.2, 0.25) is 0 Å². The molecule has 4 heteroatoms. The summed E-state index contributed by atoms with van der Waals surface area (Å²) in [5.74, 6) is 2.16. The Balaban J connectivity index is 1.44. The van der Waals surface area contributed by atoms with Gasteiger partial charge in [-0.3, -0.25) is 4.79 Å². The molecule has 2 aliphatic rings. The quantitative estimate of drug-likeness (QED) is 0.515. The van der Waals surface area contributed by atoms with Crippen LogP contribution in [0.4, 0.5) is 0 Å². The van der Waals surface area contributed by atoms with Crippen molar-refractivity contribution in [2.75, 3.05) is 6.61 Å². The minimum Gasteiger partial charge on any atom is -0.493 e. The molecule has 2 fully saturated rings. The molecule has 30 heavy (non-hydrogen) atoms. The second-order valence-corrected chi connectivity index (χ2v) is 9.30. The SMILES string of the molecule is CC(Cc1ccc(OCC2CC3CCC2C3)c(-c2ccc3[nH]ccc3c2)c1)C(=O)O. The largest absolute Gasteiger partial charge is 0.493 e. The lowest BCUT2D eigenvalue weighted by molar-refractivity contribution is -0.141. The van der Waals surface area contributed by atoms with Crippen molar-refractivity contribution in [3.05, 3.63) is 54.2 Å². The number of aromatic amines is 1. The van der Waals surface area contributed by atoms with Crippen LogP contribution in [0.3, 0.4) is 0 Å². The number of hydrogen-bond donors (Lipinski definition) is 2. The molecule has 1 aromatic heterocycles. The van der Waals surface area contributed by atoms with Crippen molar-refractivity contribution in [3.8, 4) is 16.9 Å². The van der Waals surface area contributed by atoms with Crippen LogP contribution in [0.25, 0.3) is 22.0 Å². The number of nitrogens with one attached hydrogen (secondary N) is 1.